The molecule has 2 atom stereocenters. The molecule has 0 aliphatic heterocycles. The highest BCUT2D eigenvalue weighted by molar-refractivity contribution is 7.09. The first-order chi connectivity index (χ1) is 11.7. The smallest absolute Gasteiger partial charge is 0.119 e. The highest BCUT2D eigenvalue weighted by Crippen LogP contribution is 2.32. The molecule has 0 bridgehead atoms. The van der Waals surface area contributed by atoms with E-state index in [4.69, 9.17) is 0 Å². The maximum atomic E-state index is 10.1. The normalized spacial score (nSPS) is 18.5. The minimum Gasteiger partial charge on any atom is -0.508 e. The summed E-state index contributed by atoms with van der Waals surface area (Å²) in [5.74, 6) is 0.485. The summed E-state index contributed by atoms with van der Waals surface area (Å²) >= 11 is 1.88. The van der Waals surface area contributed by atoms with Gasteiger partial charge in [0.05, 0.1) is 0 Å². The highest BCUT2D eigenvalue weighted by Gasteiger charge is 2.29. The Kier molecular flexibility index (Phi) is 5.96. The molecule has 0 saturated carbocycles. The van der Waals surface area contributed by atoms with Crippen LogP contribution in [0.1, 0.15) is 49.1 Å². The lowest BCUT2D eigenvalue weighted by atomic mass is 9.85. The molecule has 3 rings (SSSR count). The van der Waals surface area contributed by atoms with Gasteiger partial charge in [0.25, 0.3) is 0 Å². The fraction of sp³-hybridized carbons (Fsp3) is 0.524. The Morgan fingerprint density at radius 3 is 2.83 bits per heavy atom. The minimum atomic E-state index is 0.485. The Balaban J connectivity index is 1.77. The van der Waals surface area contributed by atoms with E-state index in [0.29, 0.717) is 17.8 Å². The fourth-order valence-corrected chi connectivity index (χ4v) is 4.91. The summed E-state index contributed by atoms with van der Waals surface area (Å²) in [5, 5.41) is 12.3. The maximum absolute atomic E-state index is 10.1. The number of aromatic hydroxyl groups is 1. The second-order valence-electron chi connectivity index (χ2n) is 6.89. The van der Waals surface area contributed by atoms with Gasteiger partial charge in [0.2, 0.25) is 0 Å². The summed E-state index contributed by atoms with van der Waals surface area (Å²) in [7, 11) is 0. The molecule has 1 aliphatic rings. The summed E-state index contributed by atoms with van der Waals surface area (Å²) < 4.78 is 0. The number of hydrogen-bond acceptors (Lipinski definition) is 3. The number of phenolic OH excluding ortho intramolecular Hbond substituents is 1. The van der Waals surface area contributed by atoms with Crippen molar-refractivity contribution in [1.29, 1.82) is 0 Å². The zero-order valence-electron chi connectivity index (χ0n) is 14.9. The van der Waals surface area contributed by atoms with Crippen molar-refractivity contribution in [3.05, 3.63) is 51.7 Å². The van der Waals surface area contributed by atoms with E-state index in [9.17, 15) is 5.11 Å². The van der Waals surface area contributed by atoms with E-state index in [1.807, 2.05) is 23.5 Å². The second kappa shape index (κ2) is 8.17. The van der Waals surface area contributed by atoms with Crippen molar-refractivity contribution < 1.29 is 5.11 Å². The van der Waals surface area contributed by atoms with E-state index in [1.165, 1.54) is 35.4 Å². The van der Waals surface area contributed by atoms with Gasteiger partial charge in [-0.2, -0.15) is 0 Å². The lowest BCUT2D eigenvalue weighted by Gasteiger charge is -2.40. The van der Waals surface area contributed by atoms with Crippen LogP contribution in [0.15, 0.2) is 35.7 Å². The third-order valence-electron chi connectivity index (χ3n) is 5.34. The molecular formula is C21H29NOS. The van der Waals surface area contributed by atoms with Crippen molar-refractivity contribution in [3.8, 4) is 5.75 Å². The zero-order valence-corrected chi connectivity index (χ0v) is 15.7. The molecular weight excluding hydrogens is 314 g/mol. The van der Waals surface area contributed by atoms with Crippen LogP contribution >= 0.6 is 11.3 Å². The number of phenols is 1. The molecule has 1 unspecified atom stereocenters. The average molecular weight is 344 g/mol. The van der Waals surface area contributed by atoms with Gasteiger partial charge >= 0.3 is 0 Å². The first kappa shape index (κ1) is 17.5. The molecule has 1 N–H and O–H groups in total. The fourth-order valence-electron chi connectivity index (χ4n) is 4.13. The molecule has 0 fully saturated rings. The number of hydrogen-bond donors (Lipinski definition) is 1. The van der Waals surface area contributed by atoms with Crippen molar-refractivity contribution in [1.82, 2.24) is 4.90 Å². The molecule has 2 nitrogen and oxygen atoms in total. The van der Waals surface area contributed by atoms with Crippen LogP contribution in [0.25, 0.3) is 0 Å². The molecule has 1 heterocycles. The van der Waals surface area contributed by atoms with Crippen LogP contribution < -0.4 is 0 Å². The van der Waals surface area contributed by atoms with Crippen molar-refractivity contribution in [2.24, 2.45) is 0 Å². The Labute approximate surface area is 150 Å². The zero-order chi connectivity index (χ0) is 16.9. The molecule has 3 heteroatoms. The lowest BCUT2D eigenvalue weighted by molar-refractivity contribution is 0.117. The van der Waals surface area contributed by atoms with Crippen LogP contribution in [-0.4, -0.2) is 28.6 Å². The lowest BCUT2D eigenvalue weighted by Crippen LogP contribution is -2.47. The topological polar surface area (TPSA) is 23.5 Å². The number of rotatable bonds is 7. The molecule has 0 radical (unpaired) electrons. The number of fused-ring (bicyclic) bond motifs is 1. The van der Waals surface area contributed by atoms with E-state index >= 15 is 0 Å². The van der Waals surface area contributed by atoms with Crippen molar-refractivity contribution in [2.45, 2.75) is 64.5 Å². The van der Waals surface area contributed by atoms with Gasteiger partial charge in [0.1, 0.15) is 5.75 Å². The molecule has 0 saturated heterocycles. The second-order valence-corrected chi connectivity index (χ2v) is 7.93. The third kappa shape index (κ3) is 3.84. The standard InChI is InChI=1S/C21H29NOS/c1-3-12-22(17(4-2)15-19-8-6-13-24-19)18-10-11-20-16(14-18)7-5-9-21(20)23/h5-9,13,17-18,23H,3-4,10-12,14-15H2,1-2H3/t17?,18-/m0/s1. The van der Waals surface area contributed by atoms with E-state index in [1.54, 1.807) is 0 Å². The van der Waals surface area contributed by atoms with Crippen LogP contribution in [0.5, 0.6) is 5.75 Å². The molecule has 1 aliphatic carbocycles. The quantitative estimate of drug-likeness (QED) is 0.761. The van der Waals surface area contributed by atoms with Gasteiger partial charge in [-0.3, -0.25) is 4.90 Å². The number of nitrogens with zero attached hydrogens (tertiary/aromatic N) is 1. The van der Waals surface area contributed by atoms with E-state index in [2.05, 4.69) is 42.3 Å². The van der Waals surface area contributed by atoms with Crippen molar-refractivity contribution in [3.63, 3.8) is 0 Å². The molecule has 0 amide bonds. The van der Waals surface area contributed by atoms with Crippen LogP contribution in [0.2, 0.25) is 0 Å². The third-order valence-corrected chi connectivity index (χ3v) is 6.24. The van der Waals surface area contributed by atoms with Gasteiger partial charge in [0, 0.05) is 17.0 Å². The first-order valence-corrected chi connectivity index (χ1v) is 10.2. The first-order valence-electron chi connectivity index (χ1n) is 9.30. The number of thiophene rings is 1. The van der Waals surface area contributed by atoms with Gasteiger partial charge in [-0.15, -0.1) is 11.3 Å². The monoisotopic (exact) mass is 343 g/mol. The maximum Gasteiger partial charge on any atom is 0.119 e. The summed E-state index contributed by atoms with van der Waals surface area (Å²) in [6.07, 6.45) is 6.79. The van der Waals surface area contributed by atoms with Gasteiger partial charge in [-0.25, -0.2) is 0 Å². The minimum absolute atomic E-state index is 0.485. The van der Waals surface area contributed by atoms with Crippen LogP contribution in [0.3, 0.4) is 0 Å². The van der Waals surface area contributed by atoms with E-state index in [0.717, 1.165) is 25.7 Å². The Bertz CT molecular complexity index is 637. The van der Waals surface area contributed by atoms with Gasteiger partial charge in [-0.05, 0) is 73.7 Å². The van der Waals surface area contributed by atoms with Gasteiger partial charge < -0.3 is 5.11 Å². The molecule has 1 aromatic carbocycles. The Morgan fingerprint density at radius 2 is 2.12 bits per heavy atom. The largest absolute Gasteiger partial charge is 0.508 e. The molecule has 130 valence electrons. The van der Waals surface area contributed by atoms with E-state index < -0.39 is 0 Å². The molecule has 1 aromatic heterocycles. The molecule has 2 aromatic rings. The Morgan fingerprint density at radius 1 is 1.25 bits per heavy atom. The van der Waals surface area contributed by atoms with Crippen molar-refractivity contribution in [2.75, 3.05) is 6.54 Å². The van der Waals surface area contributed by atoms with Crippen LogP contribution in [0.4, 0.5) is 0 Å². The summed E-state index contributed by atoms with van der Waals surface area (Å²) in [6.45, 7) is 5.78. The van der Waals surface area contributed by atoms with Crippen molar-refractivity contribution >= 4 is 11.3 Å². The van der Waals surface area contributed by atoms with Gasteiger partial charge in [0.15, 0.2) is 0 Å². The summed E-state index contributed by atoms with van der Waals surface area (Å²) in [6, 6.07) is 11.7. The van der Waals surface area contributed by atoms with Gasteiger partial charge in [-0.1, -0.05) is 32.0 Å². The number of benzene rings is 1. The summed E-state index contributed by atoms with van der Waals surface area (Å²) in [4.78, 5) is 4.25. The van der Waals surface area contributed by atoms with Crippen LogP contribution in [0, 0.1) is 0 Å². The predicted octanol–water partition coefficient (Wildman–Crippen LogP) is 5.04. The predicted molar refractivity (Wildman–Crippen MR) is 103 cm³/mol. The van der Waals surface area contributed by atoms with E-state index in [-0.39, 0.29) is 0 Å². The highest BCUT2D eigenvalue weighted by atomic mass is 32.1. The SMILES string of the molecule is CCCN(C(CC)Cc1cccs1)[C@H]1CCc2c(O)cccc2C1. The molecule has 0 spiro atoms. The molecule has 24 heavy (non-hydrogen) atoms. The summed E-state index contributed by atoms with van der Waals surface area (Å²) in [5.41, 5.74) is 2.52. The Hall–Kier alpha value is -1.32. The average Bonchev–Trinajstić information content (AvgIpc) is 3.11. The van der Waals surface area contributed by atoms with Crippen LogP contribution in [-0.2, 0) is 19.3 Å².